The second-order valence-electron chi connectivity index (χ2n) is 4.41. The molecule has 1 nitrogen and oxygen atoms in total. The van der Waals surface area contributed by atoms with Gasteiger partial charge in [-0.1, -0.05) is 36.3 Å². The molecule has 0 saturated heterocycles. The molecule has 0 amide bonds. The minimum atomic E-state index is 0.218. The molecule has 1 heteroatoms. The molecule has 0 saturated carbocycles. The molecule has 0 fully saturated rings. The van der Waals surface area contributed by atoms with Gasteiger partial charge in [0.05, 0.1) is 0 Å². The maximum Gasteiger partial charge on any atom is 0.155 e. The minimum absolute atomic E-state index is 0.218. The first-order chi connectivity index (χ1) is 7.56. The van der Waals surface area contributed by atoms with Crippen LogP contribution in [0.2, 0.25) is 0 Å². The predicted octanol–water partition coefficient (Wildman–Crippen LogP) is 4.60. The molecule has 0 bridgehead atoms. The Kier molecular flexibility index (Phi) is 8.51. The zero-order valence-electron chi connectivity index (χ0n) is 11.0. The summed E-state index contributed by atoms with van der Waals surface area (Å²) in [5.41, 5.74) is 2.68. The van der Waals surface area contributed by atoms with Crippen molar-refractivity contribution in [3.05, 3.63) is 35.5 Å². The van der Waals surface area contributed by atoms with Gasteiger partial charge in [0.1, 0.15) is 0 Å². The summed E-state index contributed by atoms with van der Waals surface area (Å²) in [6.45, 7) is 8.35. The number of hydrogen-bond acceptors (Lipinski definition) is 1. The Hall–Kier alpha value is -1.11. The summed E-state index contributed by atoms with van der Waals surface area (Å²) in [5, 5.41) is 0. The minimum Gasteiger partial charge on any atom is -0.295 e. The van der Waals surface area contributed by atoms with Crippen LogP contribution in [-0.2, 0) is 4.79 Å². The monoisotopic (exact) mass is 220 g/mol. The van der Waals surface area contributed by atoms with E-state index >= 15 is 0 Å². The summed E-state index contributed by atoms with van der Waals surface area (Å²) in [6.07, 6.45) is 11.5. The zero-order chi connectivity index (χ0) is 12.4. The van der Waals surface area contributed by atoms with Gasteiger partial charge in [-0.25, -0.2) is 0 Å². The molecule has 16 heavy (non-hydrogen) atoms. The predicted molar refractivity (Wildman–Crippen MR) is 71.5 cm³/mol. The van der Waals surface area contributed by atoms with Gasteiger partial charge in [-0.15, -0.1) is 0 Å². The van der Waals surface area contributed by atoms with E-state index in [2.05, 4.69) is 26.8 Å². The Bertz CT molecular complexity index is 289. The van der Waals surface area contributed by atoms with Crippen molar-refractivity contribution >= 4 is 5.78 Å². The van der Waals surface area contributed by atoms with E-state index in [1.165, 1.54) is 11.1 Å². The van der Waals surface area contributed by atoms with Crippen molar-refractivity contribution in [2.45, 2.75) is 53.4 Å². The van der Waals surface area contributed by atoms with Crippen LogP contribution < -0.4 is 0 Å². The molecular weight excluding hydrogens is 196 g/mol. The normalized spacial score (nSPS) is 11.9. The van der Waals surface area contributed by atoms with E-state index in [4.69, 9.17) is 0 Å². The standard InChI is InChI=1S/C15H24O/c1-5-8-15(16)12-7-11-14(4)10-6-9-13(2)3/h7,9,11-12H,5-6,8,10H2,1-4H3/b12-7+,14-11+. The van der Waals surface area contributed by atoms with E-state index in [0.29, 0.717) is 6.42 Å². The number of carbonyl (C=O) groups excluding carboxylic acids is 1. The Morgan fingerprint density at radius 1 is 1.12 bits per heavy atom. The molecule has 90 valence electrons. The molecule has 0 aromatic carbocycles. The summed E-state index contributed by atoms with van der Waals surface area (Å²) >= 11 is 0. The summed E-state index contributed by atoms with van der Waals surface area (Å²) in [6, 6.07) is 0. The van der Waals surface area contributed by atoms with Crippen LogP contribution in [0.4, 0.5) is 0 Å². The molecule has 0 rings (SSSR count). The van der Waals surface area contributed by atoms with E-state index in [-0.39, 0.29) is 5.78 Å². The SMILES string of the molecule is CCCC(=O)/C=C/C=C(\C)CCC=C(C)C. The third-order valence-electron chi connectivity index (χ3n) is 2.25. The lowest BCUT2D eigenvalue weighted by molar-refractivity contribution is -0.114. The second kappa shape index (κ2) is 9.14. The second-order valence-corrected chi connectivity index (χ2v) is 4.41. The van der Waals surface area contributed by atoms with Crippen molar-refractivity contribution in [1.82, 2.24) is 0 Å². The largest absolute Gasteiger partial charge is 0.295 e. The molecule has 0 aromatic heterocycles. The van der Waals surface area contributed by atoms with Crippen LogP contribution >= 0.6 is 0 Å². The molecule has 0 N–H and O–H groups in total. The highest BCUT2D eigenvalue weighted by atomic mass is 16.1. The smallest absolute Gasteiger partial charge is 0.155 e. The van der Waals surface area contributed by atoms with Gasteiger partial charge in [-0.3, -0.25) is 4.79 Å². The lowest BCUT2D eigenvalue weighted by Gasteiger charge is -1.96. The third kappa shape index (κ3) is 9.45. The fourth-order valence-corrected chi connectivity index (χ4v) is 1.32. The van der Waals surface area contributed by atoms with Crippen LogP contribution in [0.15, 0.2) is 35.5 Å². The van der Waals surface area contributed by atoms with Crippen LogP contribution in [0, 0.1) is 0 Å². The van der Waals surface area contributed by atoms with Crippen molar-refractivity contribution in [3.63, 3.8) is 0 Å². The van der Waals surface area contributed by atoms with Crippen LogP contribution in [0.25, 0.3) is 0 Å². The zero-order valence-corrected chi connectivity index (χ0v) is 11.0. The van der Waals surface area contributed by atoms with Crippen molar-refractivity contribution in [1.29, 1.82) is 0 Å². The molecule has 0 spiro atoms. The molecule has 0 aliphatic carbocycles. The van der Waals surface area contributed by atoms with Gasteiger partial charge in [0.2, 0.25) is 0 Å². The van der Waals surface area contributed by atoms with E-state index in [1.807, 2.05) is 19.1 Å². The first-order valence-corrected chi connectivity index (χ1v) is 6.06. The van der Waals surface area contributed by atoms with Gasteiger partial charge in [0, 0.05) is 6.42 Å². The number of rotatable bonds is 7. The fraction of sp³-hybridized carbons (Fsp3) is 0.533. The van der Waals surface area contributed by atoms with Crippen LogP contribution in [0.3, 0.4) is 0 Å². The van der Waals surface area contributed by atoms with Crippen LogP contribution in [0.5, 0.6) is 0 Å². The lowest BCUT2D eigenvalue weighted by Crippen LogP contribution is -1.89. The number of allylic oxidation sites excluding steroid dienone is 6. The third-order valence-corrected chi connectivity index (χ3v) is 2.25. The number of hydrogen-bond donors (Lipinski definition) is 0. The van der Waals surface area contributed by atoms with E-state index in [1.54, 1.807) is 6.08 Å². The molecule has 0 unspecified atom stereocenters. The summed E-state index contributed by atoms with van der Waals surface area (Å²) in [5.74, 6) is 0.218. The van der Waals surface area contributed by atoms with Crippen molar-refractivity contribution < 1.29 is 4.79 Å². The molecular formula is C15H24O. The maximum atomic E-state index is 11.2. The Balaban J connectivity index is 3.95. The maximum absolute atomic E-state index is 11.2. The molecule has 0 aromatic rings. The van der Waals surface area contributed by atoms with E-state index in [9.17, 15) is 4.79 Å². The highest BCUT2D eigenvalue weighted by Gasteiger charge is 1.91. The lowest BCUT2D eigenvalue weighted by atomic mass is 10.1. The number of carbonyl (C=O) groups is 1. The highest BCUT2D eigenvalue weighted by Crippen LogP contribution is 2.06. The van der Waals surface area contributed by atoms with Gasteiger partial charge >= 0.3 is 0 Å². The summed E-state index contributed by atoms with van der Waals surface area (Å²) in [4.78, 5) is 11.2. The molecule has 0 radical (unpaired) electrons. The fourth-order valence-electron chi connectivity index (χ4n) is 1.32. The van der Waals surface area contributed by atoms with Crippen LogP contribution in [-0.4, -0.2) is 5.78 Å². The van der Waals surface area contributed by atoms with Gasteiger partial charge < -0.3 is 0 Å². The quantitative estimate of drug-likeness (QED) is 0.348. The first kappa shape index (κ1) is 14.9. The van der Waals surface area contributed by atoms with Crippen molar-refractivity contribution in [3.8, 4) is 0 Å². The average molecular weight is 220 g/mol. The van der Waals surface area contributed by atoms with E-state index < -0.39 is 0 Å². The Morgan fingerprint density at radius 3 is 2.38 bits per heavy atom. The van der Waals surface area contributed by atoms with E-state index in [0.717, 1.165) is 19.3 Å². The number of ketones is 1. The Morgan fingerprint density at radius 2 is 1.81 bits per heavy atom. The Labute approximate surface area is 99.9 Å². The summed E-state index contributed by atoms with van der Waals surface area (Å²) in [7, 11) is 0. The molecule has 0 aliphatic heterocycles. The first-order valence-electron chi connectivity index (χ1n) is 6.06. The average Bonchev–Trinajstić information content (AvgIpc) is 2.17. The van der Waals surface area contributed by atoms with Gasteiger partial charge in [-0.05, 0) is 46.1 Å². The topological polar surface area (TPSA) is 17.1 Å². The molecule has 0 heterocycles. The van der Waals surface area contributed by atoms with Crippen molar-refractivity contribution in [2.75, 3.05) is 0 Å². The van der Waals surface area contributed by atoms with Gasteiger partial charge in [0.25, 0.3) is 0 Å². The molecule has 0 aliphatic rings. The molecule has 0 atom stereocenters. The van der Waals surface area contributed by atoms with Gasteiger partial charge in [0.15, 0.2) is 5.78 Å². The highest BCUT2D eigenvalue weighted by molar-refractivity contribution is 5.89. The summed E-state index contributed by atoms with van der Waals surface area (Å²) < 4.78 is 0. The van der Waals surface area contributed by atoms with Crippen LogP contribution in [0.1, 0.15) is 53.4 Å². The van der Waals surface area contributed by atoms with Crippen molar-refractivity contribution in [2.24, 2.45) is 0 Å². The van der Waals surface area contributed by atoms with Gasteiger partial charge in [-0.2, -0.15) is 0 Å².